The number of fused-ring (bicyclic) bond motifs is 1. The fraction of sp³-hybridized carbons (Fsp3) is 0.312. The molecule has 5 nitrogen and oxygen atoms in total. The minimum absolute atomic E-state index is 0.0248. The molecule has 0 aliphatic carbocycles. The molecule has 21 heavy (non-hydrogen) atoms. The van der Waals surface area contributed by atoms with Crippen LogP contribution < -0.4 is 5.32 Å². The van der Waals surface area contributed by atoms with Gasteiger partial charge < -0.3 is 5.32 Å². The van der Waals surface area contributed by atoms with Crippen molar-refractivity contribution in [3.63, 3.8) is 0 Å². The van der Waals surface area contributed by atoms with E-state index in [0.717, 1.165) is 35.4 Å². The summed E-state index contributed by atoms with van der Waals surface area (Å²) in [4.78, 5) is 9.25. The third kappa shape index (κ3) is 2.92. The molecule has 0 saturated heterocycles. The van der Waals surface area contributed by atoms with Crippen molar-refractivity contribution < 1.29 is 0 Å². The normalized spacial score (nSPS) is 12.7. The van der Waals surface area contributed by atoms with Gasteiger partial charge in [0.15, 0.2) is 0 Å². The van der Waals surface area contributed by atoms with E-state index >= 15 is 0 Å². The fourth-order valence-corrected chi connectivity index (χ4v) is 2.35. The second-order valence-electron chi connectivity index (χ2n) is 5.08. The molecule has 3 aromatic rings. The number of nitrogens with one attached hydrogen (secondary N) is 1. The van der Waals surface area contributed by atoms with Crippen LogP contribution in [0, 0.1) is 0 Å². The highest BCUT2D eigenvalue weighted by Gasteiger charge is 2.18. The summed E-state index contributed by atoms with van der Waals surface area (Å²) in [5, 5.41) is 8.01. The molecule has 0 aliphatic heterocycles. The molecule has 2 heterocycles. The lowest BCUT2D eigenvalue weighted by Crippen LogP contribution is -2.25. The van der Waals surface area contributed by atoms with Gasteiger partial charge in [-0.1, -0.05) is 19.1 Å². The van der Waals surface area contributed by atoms with Crippen LogP contribution in [0.15, 0.2) is 42.7 Å². The fourth-order valence-electron chi connectivity index (χ4n) is 2.35. The molecule has 0 amide bonds. The van der Waals surface area contributed by atoms with Gasteiger partial charge in [0.1, 0.15) is 0 Å². The number of para-hydroxylation sites is 2. The molecule has 1 atom stereocenters. The predicted octanol–water partition coefficient (Wildman–Crippen LogP) is 2.45. The predicted molar refractivity (Wildman–Crippen MR) is 82.9 cm³/mol. The maximum atomic E-state index is 4.74. The Bertz CT molecular complexity index is 734. The molecule has 0 bridgehead atoms. The highest BCUT2D eigenvalue weighted by atomic mass is 15.3. The summed E-state index contributed by atoms with van der Waals surface area (Å²) in [6.07, 6.45) is 4.85. The van der Waals surface area contributed by atoms with Gasteiger partial charge in [-0.2, -0.15) is 5.10 Å². The van der Waals surface area contributed by atoms with Crippen LogP contribution in [0.3, 0.4) is 0 Å². The van der Waals surface area contributed by atoms with Gasteiger partial charge in [-0.15, -0.1) is 0 Å². The highest BCUT2D eigenvalue weighted by molar-refractivity contribution is 5.73. The molecular formula is C16H19N5. The van der Waals surface area contributed by atoms with Crippen LogP contribution in [-0.4, -0.2) is 26.3 Å². The number of hydrogen-bond acceptors (Lipinski definition) is 4. The van der Waals surface area contributed by atoms with Gasteiger partial charge in [0, 0.05) is 13.2 Å². The molecule has 1 N–H and O–H groups in total. The van der Waals surface area contributed by atoms with E-state index in [1.807, 2.05) is 54.5 Å². The molecule has 1 aromatic carbocycles. The van der Waals surface area contributed by atoms with Gasteiger partial charge in [-0.05, 0) is 31.2 Å². The van der Waals surface area contributed by atoms with Crippen LogP contribution in [0.5, 0.6) is 0 Å². The smallest absolute Gasteiger partial charge is 0.0959 e. The lowest BCUT2D eigenvalue weighted by molar-refractivity contribution is 0.564. The van der Waals surface area contributed by atoms with Crippen molar-refractivity contribution in [3.05, 3.63) is 54.1 Å². The zero-order valence-electron chi connectivity index (χ0n) is 12.3. The van der Waals surface area contributed by atoms with Crippen LogP contribution in [-0.2, 0) is 7.05 Å². The Kier molecular flexibility index (Phi) is 3.92. The molecule has 0 spiro atoms. The standard InChI is InChI=1S/C16H19N5/c1-3-9-17-16(14-8-10-21(2)20-14)15-11-18-12-6-4-5-7-13(12)19-15/h4-8,10-11,16-17H,3,9H2,1-2H3. The van der Waals surface area contributed by atoms with E-state index in [1.54, 1.807) is 0 Å². The summed E-state index contributed by atoms with van der Waals surface area (Å²) in [6, 6.07) is 9.91. The summed E-state index contributed by atoms with van der Waals surface area (Å²) < 4.78 is 1.81. The van der Waals surface area contributed by atoms with Crippen molar-refractivity contribution in [2.75, 3.05) is 6.54 Å². The second kappa shape index (κ2) is 6.01. The van der Waals surface area contributed by atoms with E-state index in [2.05, 4.69) is 22.3 Å². The number of aromatic nitrogens is 4. The van der Waals surface area contributed by atoms with Gasteiger partial charge in [0.25, 0.3) is 0 Å². The minimum Gasteiger partial charge on any atom is -0.304 e. The molecule has 0 aliphatic rings. The molecule has 2 aromatic heterocycles. The SMILES string of the molecule is CCCNC(c1cnc2ccccc2n1)c1ccn(C)n1. The van der Waals surface area contributed by atoms with E-state index in [-0.39, 0.29) is 6.04 Å². The first kappa shape index (κ1) is 13.7. The average Bonchev–Trinajstić information content (AvgIpc) is 2.94. The van der Waals surface area contributed by atoms with Crippen LogP contribution in [0.1, 0.15) is 30.8 Å². The summed E-state index contributed by atoms with van der Waals surface area (Å²) in [5.74, 6) is 0. The topological polar surface area (TPSA) is 55.6 Å². The summed E-state index contributed by atoms with van der Waals surface area (Å²) in [5.41, 5.74) is 3.70. The zero-order valence-corrected chi connectivity index (χ0v) is 12.3. The Hall–Kier alpha value is -2.27. The summed E-state index contributed by atoms with van der Waals surface area (Å²) in [7, 11) is 1.92. The molecule has 3 rings (SSSR count). The maximum Gasteiger partial charge on any atom is 0.0959 e. The first-order valence-electron chi connectivity index (χ1n) is 7.22. The van der Waals surface area contributed by atoms with Crippen molar-refractivity contribution in [3.8, 4) is 0 Å². The molecule has 0 saturated carbocycles. The van der Waals surface area contributed by atoms with Gasteiger partial charge in [0.2, 0.25) is 0 Å². The summed E-state index contributed by atoms with van der Waals surface area (Å²) in [6.45, 7) is 3.06. The van der Waals surface area contributed by atoms with Crippen LogP contribution >= 0.6 is 0 Å². The molecule has 0 fully saturated rings. The largest absolute Gasteiger partial charge is 0.304 e. The lowest BCUT2D eigenvalue weighted by atomic mass is 10.1. The van der Waals surface area contributed by atoms with E-state index in [0.29, 0.717) is 0 Å². The quantitative estimate of drug-likeness (QED) is 0.780. The van der Waals surface area contributed by atoms with Gasteiger partial charge in [-0.25, -0.2) is 4.98 Å². The van der Waals surface area contributed by atoms with Crippen molar-refractivity contribution in [2.24, 2.45) is 7.05 Å². The van der Waals surface area contributed by atoms with Crippen LogP contribution in [0.25, 0.3) is 11.0 Å². The minimum atomic E-state index is -0.0248. The van der Waals surface area contributed by atoms with Crippen LogP contribution in [0.2, 0.25) is 0 Å². The second-order valence-corrected chi connectivity index (χ2v) is 5.08. The van der Waals surface area contributed by atoms with E-state index in [9.17, 15) is 0 Å². The Morgan fingerprint density at radius 1 is 1.14 bits per heavy atom. The van der Waals surface area contributed by atoms with E-state index in [4.69, 9.17) is 4.98 Å². The van der Waals surface area contributed by atoms with Gasteiger partial charge >= 0.3 is 0 Å². The number of rotatable bonds is 5. The molecule has 108 valence electrons. The van der Waals surface area contributed by atoms with Crippen LogP contribution in [0.4, 0.5) is 0 Å². The maximum absolute atomic E-state index is 4.74. The van der Waals surface area contributed by atoms with Gasteiger partial charge in [0.05, 0.1) is 34.7 Å². The average molecular weight is 281 g/mol. The number of nitrogens with zero attached hydrogens (tertiary/aromatic N) is 4. The molecule has 5 heteroatoms. The Morgan fingerprint density at radius 3 is 2.67 bits per heavy atom. The van der Waals surface area contributed by atoms with Crippen molar-refractivity contribution >= 4 is 11.0 Å². The molecule has 1 unspecified atom stereocenters. The Labute approximate surface area is 124 Å². The van der Waals surface area contributed by atoms with Gasteiger partial charge in [-0.3, -0.25) is 9.67 Å². The van der Waals surface area contributed by atoms with Crippen molar-refractivity contribution in [2.45, 2.75) is 19.4 Å². The van der Waals surface area contributed by atoms with E-state index < -0.39 is 0 Å². The van der Waals surface area contributed by atoms with Crippen molar-refractivity contribution in [1.29, 1.82) is 0 Å². The third-order valence-electron chi connectivity index (χ3n) is 3.39. The number of hydrogen-bond donors (Lipinski definition) is 1. The molecular weight excluding hydrogens is 262 g/mol. The Balaban J connectivity index is 2.00. The molecule has 0 radical (unpaired) electrons. The monoisotopic (exact) mass is 281 g/mol. The zero-order chi connectivity index (χ0) is 14.7. The van der Waals surface area contributed by atoms with E-state index in [1.165, 1.54) is 0 Å². The third-order valence-corrected chi connectivity index (χ3v) is 3.39. The highest BCUT2D eigenvalue weighted by Crippen LogP contribution is 2.20. The lowest BCUT2D eigenvalue weighted by Gasteiger charge is -2.16. The summed E-state index contributed by atoms with van der Waals surface area (Å²) >= 11 is 0. The first-order valence-corrected chi connectivity index (χ1v) is 7.22. The number of benzene rings is 1. The Morgan fingerprint density at radius 2 is 1.95 bits per heavy atom. The number of aryl methyl sites for hydroxylation is 1. The first-order chi connectivity index (χ1) is 10.3. The van der Waals surface area contributed by atoms with Crippen molar-refractivity contribution in [1.82, 2.24) is 25.1 Å².